The molecule has 2 aliphatic rings. The molecule has 1 unspecified atom stereocenters. The summed E-state index contributed by atoms with van der Waals surface area (Å²) in [4.78, 5) is 6.27. The molecule has 1 heterocycles. The van der Waals surface area contributed by atoms with Gasteiger partial charge in [-0.3, -0.25) is 0 Å². The molecule has 300 valence electrons. The van der Waals surface area contributed by atoms with Crippen LogP contribution in [0.5, 0.6) is 0 Å². The van der Waals surface area contributed by atoms with Gasteiger partial charge in [0, 0.05) is 43.2 Å². The van der Waals surface area contributed by atoms with Crippen LogP contribution in [0.1, 0.15) is 22.3 Å². The number of anilines is 6. The van der Waals surface area contributed by atoms with Crippen molar-refractivity contribution in [3.8, 4) is 32.7 Å². The van der Waals surface area contributed by atoms with Crippen LogP contribution in [-0.2, 0) is 5.41 Å². The molecule has 0 N–H and O–H groups in total. The van der Waals surface area contributed by atoms with Crippen LogP contribution in [0, 0.1) is 0 Å². The van der Waals surface area contributed by atoms with Crippen LogP contribution in [0.4, 0.5) is 34.1 Å². The molecule has 1 atom stereocenters. The average molecular weight is 833 g/mol. The van der Waals surface area contributed by atoms with Gasteiger partial charge >= 0.3 is 0 Å². The van der Waals surface area contributed by atoms with E-state index < -0.39 is 5.41 Å². The molecule has 1 spiro atoms. The number of rotatable bonds is 7. The van der Waals surface area contributed by atoms with E-state index >= 15 is 0 Å². The lowest BCUT2D eigenvalue weighted by atomic mass is 9.70. The highest BCUT2D eigenvalue weighted by Gasteiger charge is 2.54. The Kier molecular flexibility index (Phi) is 8.34. The topological polar surface area (TPSA) is 6.48 Å². The van der Waals surface area contributed by atoms with Gasteiger partial charge in [0.25, 0.3) is 0 Å². The fourth-order valence-corrected chi connectivity index (χ4v) is 12.2. The van der Waals surface area contributed by atoms with Gasteiger partial charge in [0.05, 0.1) is 22.5 Å². The number of nitrogens with zero attached hydrogens (tertiary/aromatic N) is 2. The van der Waals surface area contributed by atoms with Crippen LogP contribution < -0.4 is 9.80 Å². The molecule has 0 bridgehead atoms. The first-order chi connectivity index (χ1) is 31.8. The standard InChI is InChI=1S/C61H40N2S/c1-4-20-41(21-5-1)46-29-13-16-34-54(46)62(43-24-6-2-7-25-43)45-38-39-52-50(40-45)60-59(49-31-14-17-37-57(49)64-60)61(52)51-32-15-12-30-48(51)58-53(61)33-19-36-56(58)63(44-26-8-3-9-27-44)55-35-18-23-42-22-10-11-28-47(42)55/h1-40H. The first-order valence-corrected chi connectivity index (χ1v) is 22.8. The molecule has 0 saturated heterocycles. The number of para-hydroxylation sites is 3. The molecule has 2 nitrogen and oxygen atoms in total. The van der Waals surface area contributed by atoms with E-state index in [1.54, 1.807) is 0 Å². The van der Waals surface area contributed by atoms with Crippen molar-refractivity contribution in [3.63, 3.8) is 0 Å². The maximum atomic E-state index is 2.49. The minimum Gasteiger partial charge on any atom is -0.310 e. The van der Waals surface area contributed by atoms with E-state index in [1.807, 2.05) is 11.3 Å². The summed E-state index contributed by atoms with van der Waals surface area (Å²) in [5.74, 6) is 0. The van der Waals surface area contributed by atoms with Gasteiger partial charge in [0.15, 0.2) is 0 Å². The second kappa shape index (κ2) is 14.6. The maximum absolute atomic E-state index is 2.49. The summed E-state index contributed by atoms with van der Waals surface area (Å²) >= 11 is 1.93. The van der Waals surface area contributed by atoms with Crippen molar-refractivity contribution < 1.29 is 0 Å². The minimum atomic E-state index is -0.550. The molecule has 11 aromatic rings. The highest BCUT2D eigenvalue weighted by Crippen LogP contribution is 2.68. The monoisotopic (exact) mass is 832 g/mol. The largest absolute Gasteiger partial charge is 0.310 e. The Morgan fingerprint density at radius 3 is 1.72 bits per heavy atom. The van der Waals surface area contributed by atoms with Crippen LogP contribution in [-0.4, -0.2) is 0 Å². The Labute approximate surface area is 377 Å². The van der Waals surface area contributed by atoms with Crippen LogP contribution in [0.3, 0.4) is 0 Å². The summed E-state index contributed by atoms with van der Waals surface area (Å²) < 4.78 is 1.31. The molecule has 2 aliphatic carbocycles. The third-order valence-electron chi connectivity index (χ3n) is 13.4. The SMILES string of the molecule is c1ccc(-c2ccccc2N(c2ccccc2)c2ccc3c(c2)-c2sc4ccccc4c2C32c3ccccc3-c3c(N(c4ccccc4)c4cccc5ccccc45)cccc32)cc1. The van der Waals surface area contributed by atoms with Gasteiger partial charge in [-0.2, -0.15) is 0 Å². The number of benzene rings is 10. The maximum Gasteiger partial charge on any atom is 0.0740 e. The summed E-state index contributed by atoms with van der Waals surface area (Å²) in [6, 6.07) is 89.3. The molecular weight excluding hydrogens is 793 g/mol. The second-order valence-electron chi connectivity index (χ2n) is 16.8. The van der Waals surface area contributed by atoms with Crippen molar-refractivity contribution >= 4 is 66.3 Å². The number of hydrogen-bond acceptors (Lipinski definition) is 3. The molecule has 0 fully saturated rings. The number of hydrogen-bond donors (Lipinski definition) is 0. The molecular formula is C61H40N2S. The van der Waals surface area contributed by atoms with Gasteiger partial charge in [-0.1, -0.05) is 182 Å². The van der Waals surface area contributed by atoms with Crippen LogP contribution in [0.15, 0.2) is 243 Å². The van der Waals surface area contributed by atoms with E-state index in [1.165, 1.54) is 81.5 Å². The van der Waals surface area contributed by atoms with Crippen LogP contribution >= 0.6 is 11.3 Å². The van der Waals surface area contributed by atoms with Crippen molar-refractivity contribution in [1.29, 1.82) is 0 Å². The van der Waals surface area contributed by atoms with Gasteiger partial charge in [0.2, 0.25) is 0 Å². The highest BCUT2D eigenvalue weighted by atomic mass is 32.1. The fraction of sp³-hybridized carbons (Fsp3) is 0.0164. The Bertz CT molecular complexity index is 3570. The summed E-state index contributed by atoms with van der Waals surface area (Å²) in [6.45, 7) is 0. The van der Waals surface area contributed by atoms with Gasteiger partial charge in [-0.25, -0.2) is 0 Å². The molecule has 0 aliphatic heterocycles. The van der Waals surface area contributed by atoms with Crippen LogP contribution in [0.25, 0.3) is 53.6 Å². The van der Waals surface area contributed by atoms with E-state index in [0.717, 1.165) is 28.4 Å². The predicted octanol–water partition coefficient (Wildman–Crippen LogP) is 17.0. The number of thiophene rings is 1. The van der Waals surface area contributed by atoms with Crippen molar-refractivity contribution in [3.05, 3.63) is 265 Å². The summed E-state index contributed by atoms with van der Waals surface area (Å²) in [5, 5.41) is 3.75. The van der Waals surface area contributed by atoms with Crippen molar-refractivity contribution in [2.45, 2.75) is 5.41 Å². The molecule has 10 aromatic carbocycles. The highest BCUT2D eigenvalue weighted by molar-refractivity contribution is 7.22. The third kappa shape index (κ3) is 5.32. The van der Waals surface area contributed by atoms with E-state index in [0.29, 0.717) is 0 Å². The Hall–Kier alpha value is -7.98. The first kappa shape index (κ1) is 36.7. The normalized spacial score (nSPS) is 14.3. The molecule has 0 amide bonds. The second-order valence-corrected chi connectivity index (χ2v) is 17.8. The first-order valence-electron chi connectivity index (χ1n) is 22.0. The number of fused-ring (bicyclic) bond motifs is 13. The minimum absolute atomic E-state index is 0.550. The quantitative estimate of drug-likeness (QED) is 0.158. The Balaban J connectivity index is 1.10. The van der Waals surface area contributed by atoms with Crippen molar-refractivity contribution in [2.24, 2.45) is 0 Å². The predicted molar refractivity (Wildman–Crippen MR) is 270 cm³/mol. The third-order valence-corrected chi connectivity index (χ3v) is 14.6. The summed E-state index contributed by atoms with van der Waals surface area (Å²) in [7, 11) is 0. The molecule has 64 heavy (non-hydrogen) atoms. The molecule has 13 rings (SSSR count). The molecule has 0 radical (unpaired) electrons. The lowest BCUT2D eigenvalue weighted by Gasteiger charge is -2.33. The Morgan fingerprint density at radius 1 is 0.344 bits per heavy atom. The van der Waals surface area contributed by atoms with Gasteiger partial charge < -0.3 is 9.80 Å². The Morgan fingerprint density at radius 2 is 0.906 bits per heavy atom. The molecule has 0 saturated carbocycles. The molecule has 3 heteroatoms. The zero-order valence-corrected chi connectivity index (χ0v) is 35.7. The van der Waals surface area contributed by atoms with Crippen LogP contribution in [0.2, 0.25) is 0 Å². The van der Waals surface area contributed by atoms with E-state index in [4.69, 9.17) is 0 Å². The lowest BCUT2D eigenvalue weighted by Crippen LogP contribution is -2.26. The summed E-state index contributed by atoms with van der Waals surface area (Å²) in [5.41, 5.74) is 17.8. The smallest absolute Gasteiger partial charge is 0.0740 e. The molecule has 1 aromatic heterocycles. The van der Waals surface area contributed by atoms with Crippen molar-refractivity contribution in [1.82, 2.24) is 0 Å². The summed E-state index contributed by atoms with van der Waals surface area (Å²) in [6.07, 6.45) is 0. The van der Waals surface area contributed by atoms with E-state index in [2.05, 4.69) is 252 Å². The average Bonchev–Trinajstić information content (AvgIpc) is 3.99. The van der Waals surface area contributed by atoms with Crippen molar-refractivity contribution in [2.75, 3.05) is 9.80 Å². The fourth-order valence-electron chi connectivity index (χ4n) is 10.9. The zero-order valence-electron chi connectivity index (χ0n) is 34.9. The van der Waals surface area contributed by atoms with E-state index in [-0.39, 0.29) is 0 Å². The van der Waals surface area contributed by atoms with Gasteiger partial charge in [0.1, 0.15) is 0 Å². The van der Waals surface area contributed by atoms with Gasteiger partial charge in [-0.15, -0.1) is 11.3 Å². The zero-order chi connectivity index (χ0) is 42.2. The lowest BCUT2D eigenvalue weighted by molar-refractivity contribution is 0.802. The van der Waals surface area contributed by atoms with E-state index in [9.17, 15) is 0 Å². The van der Waals surface area contributed by atoms with Gasteiger partial charge in [-0.05, 0) is 110 Å².